The number of hydrogen-bond donors (Lipinski definition) is 0. The highest BCUT2D eigenvalue weighted by molar-refractivity contribution is 7.21. The fourth-order valence-corrected chi connectivity index (χ4v) is 4.47. The Kier molecular flexibility index (Phi) is 4.55. The lowest BCUT2D eigenvalue weighted by Crippen LogP contribution is -2.32. The number of thiophene rings is 1. The smallest absolute Gasteiger partial charge is 0.266 e. The van der Waals surface area contributed by atoms with E-state index in [1.807, 2.05) is 46.7 Å². The SMILES string of the molecule is COc1ccccc1CN(C(=O)c1cnc(-c2cccs2)s1)C1CC1. The maximum Gasteiger partial charge on any atom is 0.266 e. The number of carbonyl (C=O) groups excluding carboxylic acids is 1. The molecule has 0 aliphatic heterocycles. The molecule has 1 fully saturated rings. The van der Waals surface area contributed by atoms with Crippen LogP contribution in [0.25, 0.3) is 9.88 Å². The molecule has 1 aromatic carbocycles. The summed E-state index contributed by atoms with van der Waals surface area (Å²) >= 11 is 3.11. The van der Waals surface area contributed by atoms with Gasteiger partial charge in [0.2, 0.25) is 0 Å². The third-order valence-corrected chi connectivity index (χ3v) is 6.25. The van der Waals surface area contributed by atoms with Crippen molar-refractivity contribution in [3.8, 4) is 15.6 Å². The minimum absolute atomic E-state index is 0.0636. The first-order valence-electron chi connectivity index (χ1n) is 8.19. The van der Waals surface area contributed by atoms with Crippen molar-refractivity contribution in [1.29, 1.82) is 0 Å². The largest absolute Gasteiger partial charge is 0.496 e. The lowest BCUT2D eigenvalue weighted by molar-refractivity contribution is 0.0733. The van der Waals surface area contributed by atoms with Crippen LogP contribution in [-0.4, -0.2) is 28.9 Å². The first-order valence-corrected chi connectivity index (χ1v) is 9.88. The summed E-state index contributed by atoms with van der Waals surface area (Å²) in [5, 5.41) is 2.93. The Morgan fingerprint density at radius 3 is 2.84 bits per heavy atom. The number of amides is 1. The Labute approximate surface area is 154 Å². The van der Waals surface area contributed by atoms with Crippen LogP contribution in [0.2, 0.25) is 0 Å². The van der Waals surface area contributed by atoms with Crippen LogP contribution in [0.15, 0.2) is 48.0 Å². The number of benzene rings is 1. The minimum atomic E-state index is 0.0636. The van der Waals surface area contributed by atoms with E-state index in [-0.39, 0.29) is 5.91 Å². The third-order valence-electron chi connectivity index (χ3n) is 4.23. The number of thiazole rings is 1. The highest BCUT2D eigenvalue weighted by atomic mass is 32.1. The Hall–Kier alpha value is -2.18. The lowest BCUT2D eigenvalue weighted by atomic mass is 10.2. The highest BCUT2D eigenvalue weighted by Gasteiger charge is 2.34. The van der Waals surface area contributed by atoms with Gasteiger partial charge in [0, 0.05) is 18.2 Å². The summed E-state index contributed by atoms with van der Waals surface area (Å²) in [5.41, 5.74) is 1.04. The van der Waals surface area contributed by atoms with E-state index in [1.165, 1.54) is 11.3 Å². The topological polar surface area (TPSA) is 42.4 Å². The van der Waals surface area contributed by atoms with Crippen molar-refractivity contribution in [1.82, 2.24) is 9.88 Å². The maximum atomic E-state index is 13.1. The van der Waals surface area contributed by atoms with E-state index >= 15 is 0 Å². The molecule has 128 valence electrons. The molecule has 0 radical (unpaired) electrons. The van der Waals surface area contributed by atoms with Gasteiger partial charge in [-0.05, 0) is 30.4 Å². The van der Waals surface area contributed by atoms with Gasteiger partial charge in [-0.2, -0.15) is 0 Å². The van der Waals surface area contributed by atoms with Crippen molar-refractivity contribution in [2.45, 2.75) is 25.4 Å². The summed E-state index contributed by atoms with van der Waals surface area (Å²) in [6.07, 6.45) is 3.84. The summed E-state index contributed by atoms with van der Waals surface area (Å²) in [6.45, 7) is 0.569. The first-order chi connectivity index (χ1) is 12.3. The molecule has 0 unspecified atom stereocenters. The van der Waals surface area contributed by atoms with Gasteiger partial charge in [0.1, 0.15) is 15.6 Å². The van der Waals surface area contributed by atoms with Crippen LogP contribution in [0.3, 0.4) is 0 Å². The molecule has 0 saturated heterocycles. The second-order valence-corrected chi connectivity index (χ2v) is 7.96. The molecule has 2 heterocycles. The molecule has 0 N–H and O–H groups in total. The van der Waals surface area contributed by atoms with Crippen molar-refractivity contribution in [2.75, 3.05) is 7.11 Å². The van der Waals surface area contributed by atoms with Gasteiger partial charge in [-0.3, -0.25) is 4.79 Å². The van der Waals surface area contributed by atoms with E-state index < -0.39 is 0 Å². The number of methoxy groups -OCH3 is 1. The van der Waals surface area contributed by atoms with Crippen molar-refractivity contribution < 1.29 is 9.53 Å². The fraction of sp³-hybridized carbons (Fsp3) is 0.263. The molecule has 0 atom stereocenters. The monoisotopic (exact) mass is 370 g/mol. The lowest BCUT2D eigenvalue weighted by Gasteiger charge is -2.22. The normalized spacial score (nSPS) is 13.6. The number of aromatic nitrogens is 1. The van der Waals surface area contributed by atoms with Crippen LogP contribution in [0.1, 0.15) is 28.1 Å². The van der Waals surface area contributed by atoms with Gasteiger partial charge < -0.3 is 9.64 Å². The molecule has 25 heavy (non-hydrogen) atoms. The number of nitrogens with zero attached hydrogens (tertiary/aromatic N) is 2. The number of para-hydroxylation sites is 1. The third kappa shape index (κ3) is 3.45. The summed E-state index contributed by atoms with van der Waals surface area (Å²) in [7, 11) is 1.67. The zero-order valence-electron chi connectivity index (χ0n) is 13.8. The van der Waals surface area contributed by atoms with Crippen molar-refractivity contribution in [3.05, 3.63) is 58.4 Å². The van der Waals surface area contributed by atoms with Crippen LogP contribution in [0, 0.1) is 0 Å². The molecular formula is C19H18N2O2S2. The van der Waals surface area contributed by atoms with E-state index in [9.17, 15) is 4.79 Å². The van der Waals surface area contributed by atoms with Gasteiger partial charge >= 0.3 is 0 Å². The minimum Gasteiger partial charge on any atom is -0.496 e. The molecule has 3 aromatic rings. The Bertz CT molecular complexity index is 869. The molecule has 1 amide bonds. The van der Waals surface area contributed by atoms with Crippen molar-refractivity contribution >= 4 is 28.6 Å². The predicted octanol–water partition coefficient (Wildman–Crippen LogP) is 4.69. The maximum absolute atomic E-state index is 13.1. The average molecular weight is 370 g/mol. The van der Waals surface area contributed by atoms with Gasteiger partial charge in [-0.15, -0.1) is 22.7 Å². The van der Waals surface area contributed by atoms with Crippen molar-refractivity contribution in [3.63, 3.8) is 0 Å². The summed E-state index contributed by atoms with van der Waals surface area (Å²) in [6, 6.07) is 12.2. The van der Waals surface area contributed by atoms with E-state index in [4.69, 9.17) is 4.74 Å². The molecule has 2 aromatic heterocycles. The van der Waals surface area contributed by atoms with Gasteiger partial charge in [-0.25, -0.2) is 4.98 Å². The second kappa shape index (κ2) is 6.98. The fourth-order valence-electron chi connectivity index (χ4n) is 2.80. The van der Waals surface area contributed by atoms with Gasteiger partial charge in [0.05, 0.1) is 18.2 Å². The predicted molar refractivity (Wildman–Crippen MR) is 101 cm³/mol. The highest BCUT2D eigenvalue weighted by Crippen LogP contribution is 2.34. The number of rotatable bonds is 6. The zero-order valence-corrected chi connectivity index (χ0v) is 15.5. The number of carbonyl (C=O) groups is 1. The first kappa shape index (κ1) is 16.3. The molecule has 0 spiro atoms. The Balaban J connectivity index is 1.58. The molecule has 1 aliphatic carbocycles. The molecule has 0 bridgehead atoms. The van der Waals surface area contributed by atoms with E-state index in [1.54, 1.807) is 24.6 Å². The van der Waals surface area contributed by atoms with Crippen LogP contribution in [-0.2, 0) is 6.54 Å². The van der Waals surface area contributed by atoms with E-state index in [0.717, 1.165) is 34.0 Å². The Morgan fingerprint density at radius 1 is 1.28 bits per heavy atom. The summed E-state index contributed by atoms with van der Waals surface area (Å²) in [4.78, 5) is 21.3. The van der Waals surface area contributed by atoms with Crippen LogP contribution < -0.4 is 4.74 Å². The zero-order chi connectivity index (χ0) is 17.2. The Morgan fingerprint density at radius 2 is 2.12 bits per heavy atom. The van der Waals surface area contributed by atoms with Crippen LogP contribution >= 0.6 is 22.7 Å². The van der Waals surface area contributed by atoms with Gasteiger partial charge in [-0.1, -0.05) is 24.3 Å². The number of ether oxygens (including phenoxy) is 1. The van der Waals surface area contributed by atoms with E-state index in [2.05, 4.69) is 4.98 Å². The summed E-state index contributed by atoms with van der Waals surface area (Å²) < 4.78 is 5.44. The average Bonchev–Trinajstić information content (AvgIpc) is 3.13. The van der Waals surface area contributed by atoms with Crippen LogP contribution in [0.5, 0.6) is 5.75 Å². The molecule has 1 saturated carbocycles. The van der Waals surface area contributed by atoms with Gasteiger partial charge in [0.15, 0.2) is 0 Å². The van der Waals surface area contributed by atoms with Crippen molar-refractivity contribution in [2.24, 2.45) is 0 Å². The molecule has 4 rings (SSSR count). The standard InChI is InChI=1S/C19H18N2O2S2/c1-23-15-6-3-2-5-13(15)12-21(14-8-9-14)19(22)17-11-20-18(25-17)16-7-4-10-24-16/h2-7,10-11,14H,8-9,12H2,1H3. The quantitative estimate of drug-likeness (QED) is 0.632. The molecule has 4 nitrogen and oxygen atoms in total. The van der Waals surface area contributed by atoms with Gasteiger partial charge in [0.25, 0.3) is 5.91 Å². The van der Waals surface area contributed by atoms with Crippen LogP contribution in [0.4, 0.5) is 0 Å². The summed E-state index contributed by atoms with van der Waals surface area (Å²) in [5.74, 6) is 0.887. The molecule has 1 aliphatic rings. The van der Waals surface area contributed by atoms with E-state index in [0.29, 0.717) is 17.5 Å². The second-order valence-electron chi connectivity index (χ2n) is 5.98. The number of hydrogen-bond acceptors (Lipinski definition) is 5. The molecular weight excluding hydrogens is 352 g/mol. The molecule has 6 heteroatoms.